The average Bonchev–Trinajstić information content (AvgIpc) is 2.95. The van der Waals surface area contributed by atoms with E-state index in [2.05, 4.69) is 26.1 Å². The molecule has 7 nitrogen and oxygen atoms in total. The van der Waals surface area contributed by atoms with Gasteiger partial charge in [-0.05, 0) is 12.6 Å². The Hall–Kier alpha value is -2.12. The van der Waals surface area contributed by atoms with Crippen LogP contribution in [0.15, 0.2) is 24.3 Å². The van der Waals surface area contributed by atoms with E-state index in [1.54, 1.807) is 0 Å². The lowest BCUT2D eigenvalue weighted by atomic mass is 10.2. The number of nitrogens with zero attached hydrogens (tertiary/aromatic N) is 1. The number of hydrogen-bond acceptors (Lipinski definition) is 4. The number of nitrogens with one attached hydrogen (secondary N) is 4. The lowest BCUT2D eigenvalue weighted by molar-refractivity contribution is -0.120. The van der Waals surface area contributed by atoms with Crippen molar-refractivity contribution in [2.75, 3.05) is 26.2 Å². The molecule has 0 spiro atoms. The first kappa shape index (κ1) is 18.9. The van der Waals surface area contributed by atoms with Crippen molar-refractivity contribution >= 4 is 35.1 Å². The first-order valence-corrected chi connectivity index (χ1v) is 7.41. The number of aromatic nitrogens is 2. The Morgan fingerprint density at radius 1 is 1.13 bits per heavy atom. The number of carbonyl (C=O) groups excluding carboxylic acids is 2. The van der Waals surface area contributed by atoms with E-state index in [0.29, 0.717) is 12.2 Å². The monoisotopic (exact) mass is 339 g/mol. The summed E-state index contributed by atoms with van der Waals surface area (Å²) in [7, 11) is 0. The molecule has 0 unspecified atom stereocenters. The maximum atomic E-state index is 12.1. The molecule has 2 rings (SSSR count). The smallest absolute Gasteiger partial charge is 0.272 e. The zero-order chi connectivity index (χ0) is 15.8. The van der Waals surface area contributed by atoms with Crippen LogP contribution in [0, 0.1) is 0 Å². The molecule has 126 valence electrons. The molecule has 1 heterocycles. The molecule has 4 N–H and O–H groups in total. The lowest BCUT2D eigenvalue weighted by Gasteiger charge is -2.06. The highest BCUT2D eigenvalue weighted by Gasteiger charge is 2.13. The number of hydrogen-bond donors (Lipinski definition) is 4. The van der Waals surface area contributed by atoms with Crippen LogP contribution in [-0.4, -0.2) is 48.2 Å². The first-order valence-electron chi connectivity index (χ1n) is 7.41. The molecule has 0 radical (unpaired) electrons. The van der Waals surface area contributed by atoms with Crippen molar-refractivity contribution < 1.29 is 9.59 Å². The number of halogens is 1. The molecule has 8 heteroatoms. The summed E-state index contributed by atoms with van der Waals surface area (Å²) in [6.07, 6.45) is 0.250. The Morgan fingerprint density at radius 3 is 2.70 bits per heavy atom. The van der Waals surface area contributed by atoms with E-state index >= 15 is 0 Å². The summed E-state index contributed by atoms with van der Waals surface area (Å²) in [4.78, 5) is 23.6. The van der Waals surface area contributed by atoms with Crippen molar-refractivity contribution in [2.24, 2.45) is 0 Å². The fourth-order valence-electron chi connectivity index (χ4n) is 2.07. The van der Waals surface area contributed by atoms with E-state index in [-0.39, 0.29) is 37.2 Å². The van der Waals surface area contributed by atoms with Crippen LogP contribution >= 0.6 is 12.4 Å². The van der Waals surface area contributed by atoms with Crippen molar-refractivity contribution in [1.29, 1.82) is 0 Å². The molecular weight excluding hydrogens is 318 g/mol. The summed E-state index contributed by atoms with van der Waals surface area (Å²) in [5.74, 6) is -0.358. The molecule has 1 aromatic carbocycles. The number of H-pyrrole nitrogens is 1. The number of rotatable bonds is 8. The van der Waals surface area contributed by atoms with Gasteiger partial charge in [0.05, 0.1) is 5.52 Å². The van der Waals surface area contributed by atoms with Crippen molar-refractivity contribution in [1.82, 2.24) is 26.1 Å². The molecule has 0 saturated carbocycles. The van der Waals surface area contributed by atoms with E-state index in [1.165, 1.54) is 0 Å². The van der Waals surface area contributed by atoms with Gasteiger partial charge in [0.15, 0.2) is 5.69 Å². The van der Waals surface area contributed by atoms with Gasteiger partial charge in [0.25, 0.3) is 5.91 Å². The number of fused-ring (bicyclic) bond motifs is 1. The molecule has 2 amide bonds. The standard InChI is InChI=1S/C15H21N5O2.ClH/c1-2-16-9-10-17-13(21)7-8-18-15(22)14-11-5-3-4-6-12(11)19-20-14;/h3-6,16H,2,7-10H2,1H3,(H,17,21)(H,18,22)(H,19,20);1H. The Balaban J connectivity index is 0.00000264. The van der Waals surface area contributed by atoms with Crippen molar-refractivity contribution in [2.45, 2.75) is 13.3 Å². The van der Waals surface area contributed by atoms with E-state index in [1.807, 2.05) is 31.2 Å². The van der Waals surface area contributed by atoms with Gasteiger partial charge in [-0.3, -0.25) is 14.7 Å². The summed E-state index contributed by atoms with van der Waals surface area (Å²) < 4.78 is 0. The van der Waals surface area contributed by atoms with Gasteiger partial charge in [0.1, 0.15) is 0 Å². The van der Waals surface area contributed by atoms with Crippen molar-refractivity contribution in [3.05, 3.63) is 30.0 Å². The Bertz CT molecular complexity index is 644. The summed E-state index contributed by atoms with van der Waals surface area (Å²) >= 11 is 0. The van der Waals surface area contributed by atoms with Crippen LogP contribution < -0.4 is 16.0 Å². The van der Waals surface area contributed by atoms with E-state index < -0.39 is 0 Å². The second kappa shape index (κ2) is 9.81. The highest BCUT2D eigenvalue weighted by molar-refractivity contribution is 6.04. The predicted octanol–water partition coefficient (Wildman–Crippen LogP) is 0.830. The largest absolute Gasteiger partial charge is 0.355 e. The molecule has 0 fully saturated rings. The molecule has 0 atom stereocenters. The lowest BCUT2D eigenvalue weighted by Crippen LogP contribution is -2.34. The Kier molecular flexibility index (Phi) is 8.07. The predicted molar refractivity (Wildman–Crippen MR) is 91.8 cm³/mol. The third kappa shape index (κ3) is 5.54. The Labute approximate surface area is 141 Å². The van der Waals surface area contributed by atoms with Crippen LogP contribution in [0.25, 0.3) is 10.9 Å². The van der Waals surface area contributed by atoms with Crippen LogP contribution in [0.1, 0.15) is 23.8 Å². The van der Waals surface area contributed by atoms with Gasteiger partial charge in [-0.1, -0.05) is 25.1 Å². The van der Waals surface area contributed by atoms with E-state index in [0.717, 1.165) is 24.0 Å². The minimum Gasteiger partial charge on any atom is -0.355 e. The highest BCUT2D eigenvalue weighted by Crippen LogP contribution is 2.14. The SMILES string of the molecule is CCNCCNC(=O)CCNC(=O)c1n[nH]c2ccccc12.Cl. The van der Waals surface area contributed by atoms with E-state index in [9.17, 15) is 9.59 Å². The van der Waals surface area contributed by atoms with Gasteiger partial charge >= 0.3 is 0 Å². The number of para-hydroxylation sites is 1. The second-order valence-electron chi connectivity index (χ2n) is 4.83. The minimum atomic E-state index is -0.280. The normalized spacial score (nSPS) is 10.1. The molecule has 2 aromatic rings. The van der Waals surface area contributed by atoms with Crippen molar-refractivity contribution in [3.63, 3.8) is 0 Å². The average molecular weight is 340 g/mol. The summed E-state index contributed by atoms with van der Waals surface area (Å²) in [6.45, 7) is 4.51. The summed E-state index contributed by atoms with van der Waals surface area (Å²) in [5, 5.41) is 16.2. The topological polar surface area (TPSA) is 98.9 Å². The number of amides is 2. The molecule has 23 heavy (non-hydrogen) atoms. The van der Waals surface area contributed by atoms with Gasteiger partial charge in [-0.2, -0.15) is 5.10 Å². The van der Waals surface area contributed by atoms with Crippen LogP contribution in [0.3, 0.4) is 0 Å². The molecular formula is C15H22ClN5O2. The van der Waals surface area contributed by atoms with Crippen LogP contribution in [0.2, 0.25) is 0 Å². The van der Waals surface area contributed by atoms with E-state index in [4.69, 9.17) is 0 Å². The third-order valence-corrected chi connectivity index (χ3v) is 3.20. The van der Waals surface area contributed by atoms with Crippen molar-refractivity contribution in [3.8, 4) is 0 Å². The van der Waals surface area contributed by atoms with Crippen LogP contribution in [0.5, 0.6) is 0 Å². The summed E-state index contributed by atoms with van der Waals surface area (Å²) in [6, 6.07) is 7.42. The van der Waals surface area contributed by atoms with Gasteiger partial charge in [-0.15, -0.1) is 12.4 Å². The zero-order valence-electron chi connectivity index (χ0n) is 13.0. The Morgan fingerprint density at radius 2 is 1.91 bits per heavy atom. The fourth-order valence-corrected chi connectivity index (χ4v) is 2.07. The maximum absolute atomic E-state index is 12.1. The number of likely N-dealkylation sites (N-methyl/N-ethyl adjacent to an activating group) is 1. The van der Waals surface area contributed by atoms with Crippen LogP contribution in [-0.2, 0) is 4.79 Å². The second-order valence-corrected chi connectivity index (χ2v) is 4.83. The summed E-state index contributed by atoms with van der Waals surface area (Å²) in [5.41, 5.74) is 1.16. The molecule has 0 aliphatic heterocycles. The quantitative estimate of drug-likeness (QED) is 0.535. The van der Waals surface area contributed by atoms with Gasteiger partial charge in [0, 0.05) is 31.4 Å². The number of aromatic amines is 1. The third-order valence-electron chi connectivity index (χ3n) is 3.20. The van der Waals surface area contributed by atoms with Crippen LogP contribution in [0.4, 0.5) is 0 Å². The first-order chi connectivity index (χ1) is 10.7. The van der Waals surface area contributed by atoms with Gasteiger partial charge in [0.2, 0.25) is 5.91 Å². The minimum absolute atomic E-state index is 0. The van der Waals surface area contributed by atoms with Gasteiger partial charge in [-0.25, -0.2) is 0 Å². The molecule has 1 aromatic heterocycles. The fraction of sp³-hybridized carbons (Fsp3) is 0.400. The highest BCUT2D eigenvalue weighted by atomic mass is 35.5. The molecule has 0 bridgehead atoms. The maximum Gasteiger partial charge on any atom is 0.272 e. The molecule has 0 saturated heterocycles. The molecule has 0 aliphatic rings. The molecule has 0 aliphatic carbocycles. The van der Waals surface area contributed by atoms with Gasteiger partial charge < -0.3 is 16.0 Å². The number of benzene rings is 1. The zero-order valence-corrected chi connectivity index (χ0v) is 13.8. The number of carbonyl (C=O) groups is 2.